The maximum atomic E-state index is 13.3. The SMILES string of the molecule is COC(=O)c1c(NC(=O)CN2C(=O)NC(C)(c3ccc4c(c3)CCC4)C2=O)sc2c1CCC2. The van der Waals surface area contributed by atoms with Crippen LogP contribution in [0, 0.1) is 0 Å². The van der Waals surface area contributed by atoms with Crippen molar-refractivity contribution in [1.29, 1.82) is 0 Å². The predicted octanol–water partition coefficient (Wildman–Crippen LogP) is 2.92. The summed E-state index contributed by atoms with van der Waals surface area (Å²) in [6, 6.07) is 5.27. The highest BCUT2D eigenvalue weighted by molar-refractivity contribution is 7.17. The number of thiophene rings is 1. The number of imide groups is 1. The fraction of sp³-hybridized carbons (Fsp3) is 0.417. The van der Waals surface area contributed by atoms with Gasteiger partial charge in [-0.25, -0.2) is 9.59 Å². The number of urea groups is 1. The zero-order valence-electron chi connectivity index (χ0n) is 18.6. The Morgan fingerprint density at radius 1 is 1.15 bits per heavy atom. The molecule has 0 spiro atoms. The second-order valence-electron chi connectivity index (χ2n) is 8.88. The van der Waals surface area contributed by atoms with Crippen molar-refractivity contribution in [2.45, 2.75) is 51.0 Å². The Hall–Kier alpha value is -3.20. The van der Waals surface area contributed by atoms with Crippen LogP contribution in [0.2, 0.25) is 0 Å². The predicted molar refractivity (Wildman–Crippen MR) is 122 cm³/mol. The van der Waals surface area contributed by atoms with Crippen LogP contribution in [0.25, 0.3) is 0 Å². The van der Waals surface area contributed by atoms with E-state index in [2.05, 4.69) is 10.6 Å². The third-order valence-corrected chi connectivity index (χ3v) is 8.02. The fourth-order valence-electron chi connectivity index (χ4n) is 5.04. The lowest BCUT2D eigenvalue weighted by molar-refractivity contribution is -0.133. The summed E-state index contributed by atoms with van der Waals surface area (Å²) in [6.07, 6.45) is 5.65. The van der Waals surface area contributed by atoms with Gasteiger partial charge in [-0.05, 0) is 67.7 Å². The van der Waals surface area contributed by atoms with E-state index in [0.29, 0.717) is 16.1 Å². The van der Waals surface area contributed by atoms with Gasteiger partial charge >= 0.3 is 12.0 Å². The van der Waals surface area contributed by atoms with E-state index in [-0.39, 0.29) is 0 Å². The van der Waals surface area contributed by atoms with E-state index in [0.717, 1.165) is 53.9 Å². The van der Waals surface area contributed by atoms with Crippen molar-refractivity contribution in [2.75, 3.05) is 19.0 Å². The molecule has 1 saturated heterocycles. The minimum atomic E-state index is -1.23. The Morgan fingerprint density at radius 3 is 2.70 bits per heavy atom. The number of aryl methyl sites for hydroxylation is 3. The number of methoxy groups -OCH3 is 1. The lowest BCUT2D eigenvalue weighted by atomic mass is 9.89. The molecule has 2 aromatic rings. The van der Waals surface area contributed by atoms with E-state index in [1.165, 1.54) is 29.6 Å². The van der Waals surface area contributed by atoms with Gasteiger partial charge in [-0.3, -0.25) is 14.5 Å². The number of amides is 4. The molecule has 172 valence electrons. The quantitative estimate of drug-likeness (QED) is 0.520. The number of rotatable bonds is 5. The van der Waals surface area contributed by atoms with E-state index in [1.807, 2.05) is 18.2 Å². The molecule has 8 nitrogen and oxygen atoms in total. The molecule has 1 aliphatic heterocycles. The summed E-state index contributed by atoms with van der Waals surface area (Å²) in [4.78, 5) is 53.1. The first-order valence-electron chi connectivity index (χ1n) is 11.1. The first-order valence-corrected chi connectivity index (χ1v) is 11.9. The van der Waals surface area contributed by atoms with Gasteiger partial charge in [0.25, 0.3) is 5.91 Å². The number of carbonyl (C=O) groups is 4. The standard InChI is InChI=1S/C24H25N3O5S/c1-24(15-10-9-13-5-3-6-14(13)11-15)22(30)27(23(31)26-24)12-18(28)25-20-19(21(29)32-2)16-7-4-8-17(16)33-20/h9-11H,3-8,12H2,1-2H3,(H,25,28)(H,26,31). The largest absolute Gasteiger partial charge is 0.465 e. The van der Waals surface area contributed by atoms with E-state index in [9.17, 15) is 19.2 Å². The average molecular weight is 468 g/mol. The first kappa shape index (κ1) is 21.6. The molecule has 0 bridgehead atoms. The smallest absolute Gasteiger partial charge is 0.341 e. The normalized spacial score (nSPS) is 21.1. The molecular weight excluding hydrogens is 442 g/mol. The number of nitrogens with zero attached hydrogens (tertiary/aromatic N) is 1. The van der Waals surface area contributed by atoms with Crippen molar-refractivity contribution in [2.24, 2.45) is 0 Å². The highest BCUT2D eigenvalue weighted by Crippen LogP contribution is 2.39. The molecule has 1 fully saturated rings. The van der Waals surface area contributed by atoms with E-state index < -0.39 is 35.9 Å². The summed E-state index contributed by atoms with van der Waals surface area (Å²) < 4.78 is 4.91. The van der Waals surface area contributed by atoms with Crippen LogP contribution < -0.4 is 10.6 Å². The number of fused-ring (bicyclic) bond motifs is 2. The van der Waals surface area contributed by atoms with Gasteiger partial charge in [0, 0.05) is 4.88 Å². The molecule has 33 heavy (non-hydrogen) atoms. The highest BCUT2D eigenvalue weighted by Gasteiger charge is 2.49. The van der Waals surface area contributed by atoms with Crippen LogP contribution >= 0.6 is 11.3 Å². The Bertz CT molecular complexity index is 1200. The molecule has 2 N–H and O–H groups in total. The van der Waals surface area contributed by atoms with Crippen LogP contribution in [-0.2, 0) is 45.5 Å². The van der Waals surface area contributed by atoms with Crippen LogP contribution in [0.4, 0.5) is 9.80 Å². The molecule has 0 saturated carbocycles. The van der Waals surface area contributed by atoms with Crippen LogP contribution in [0.1, 0.15) is 57.3 Å². The molecule has 1 atom stereocenters. The lowest BCUT2D eigenvalue weighted by Crippen LogP contribution is -2.42. The minimum absolute atomic E-state index is 0.378. The maximum Gasteiger partial charge on any atom is 0.341 e. The fourth-order valence-corrected chi connectivity index (χ4v) is 6.33. The van der Waals surface area contributed by atoms with Gasteiger partial charge in [0.2, 0.25) is 5.91 Å². The molecule has 3 aliphatic rings. The zero-order valence-corrected chi connectivity index (χ0v) is 19.4. The van der Waals surface area contributed by atoms with E-state index in [1.54, 1.807) is 6.92 Å². The molecule has 1 aromatic carbocycles. The van der Waals surface area contributed by atoms with Crippen LogP contribution in [0.5, 0.6) is 0 Å². The van der Waals surface area contributed by atoms with Crippen LogP contribution in [0.15, 0.2) is 18.2 Å². The van der Waals surface area contributed by atoms with Crippen molar-refractivity contribution in [1.82, 2.24) is 10.2 Å². The molecule has 5 rings (SSSR count). The number of esters is 1. The molecule has 0 radical (unpaired) electrons. The molecule has 2 aliphatic carbocycles. The maximum absolute atomic E-state index is 13.3. The lowest BCUT2D eigenvalue weighted by Gasteiger charge is -2.23. The zero-order chi connectivity index (χ0) is 23.3. The number of benzene rings is 1. The molecule has 4 amide bonds. The molecule has 1 unspecified atom stereocenters. The molecule has 9 heteroatoms. The summed E-state index contributed by atoms with van der Waals surface area (Å²) >= 11 is 1.35. The van der Waals surface area contributed by atoms with Crippen molar-refractivity contribution in [3.8, 4) is 0 Å². The summed E-state index contributed by atoms with van der Waals surface area (Å²) in [5, 5.41) is 5.90. The second-order valence-corrected chi connectivity index (χ2v) is 9.99. The van der Waals surface area contributed by atoms with Gasteiger partial charge in [0.05, 0.1) is 12.7 Å². The number of nitrogens with one attached hydrogen (secondary N) is 2. The van der Waals surface area contributed by atoms with Crippen LogP contribution in [-0.4, -0.2) is 42.4 Å². The molecular formula is C24H25N3O5S. The summed E-state index contributed by atoms with van der Waals surface area (Å²) in [6.45, 7) is 1.23. The Labute approximate surface area is 195 Å². The molecule has 2 heterocycles. The van der Waals surface area contributed by atoms with Gasteiger partial charge < -0.3 is 15.4 Å². The van der Waals surface area contributed by atoms with Crippen molar-refractivity contribution in [3.05, 3.63) is 50.9 Å². The Kier molecular flexibility index (Phi) is 5.23. The van der Waals surface area contributed by atoms with Gasteiger partial charge in [-0.15, -0.1) is 11.3 Å². The van der Waals surface area contributed by atoms with E-state index >= 15 is 0 Å². The van der Waals surface area contributed by atoms with Crippen molar-refractivity contribution in [3.63, 3.8) is 0 Å². The number of hydrogen-bond donors (Lipinski definition) is 2. The summed E-state index contributed by atoms with van der Waals surface area (Å²) in [7, 11) is 1.31. The Balaban J connectivity index is 1.34. The minimum Gasteiger partial charge on any atom is -0.465 e. The second kappa shape index (κ2) is 7.98. The highest BCUT2D eigenvalue weighted by atomic mass is 32.1. The Morgan fingerprint density at radius 2 is 1.91 bits per heavy atom. The molecule has 1 aromatic heterocycles. The number of anilines is 1. The number of ether oxygens (including phenoxy) is 1. The summed E-state index contributed by atoms with van der Waals surface area (Å²) in [5.74, 6) is -1.51. The van der Waals surface area contributed by atoms with Gasteiger partial charge in [0.1, 0.15) is 17.1 Å². The van der Waals surface area contributed by atoms with Gasteiger partial charge in [-0.1, -0.05) is 18.2 Å². The number of hydrogen-bond acceptors (Lipinski definition) is 6. The summed E-state index contributed by atoms with van der Waals surface area (Å²) in [5.41, 5.74) is 3.26. The van der Waals surface area contributed by atoms with Crippen molar-refractivity contribution >= 4 is 40.2 Å². The topological polar surface area (TPSA) is 105 Å². The van der Waals surface area contributed by atoms with Gasteiger partial charge in [-0.2, -0.15) is 0 Å². The third kappa shape index (κ3) is 3.51. The first-order chi connectivity index (χ1) is 15.8. The number of carbonyl (C=O) groups excluding carboxylic acids is 4. The van der Waals surface area contributed by atoms with E-state index in [4.69, 9.17) is 4.74 Å². The van der Waals surface area contributed by atoms with Crippen LogP contribution in [0.3, 0.4) is 0 Å². The monoisotopic (exact) mass is 467 g/mol. The third-order valence-electron chi connectivity index (χ3n) is 6.82. The average Bonchev–Trinajstić information content (AvgIpc) is 3.54. The van der Waals surface area contributed by atoms with Crippen molar-refractivity contribution < 1.29 is 23.9 Å². The van der Waals surface area contributed by atoms with Gasteiger partial charge in [0.15, 0.2) is 0 Å².